The summed E-state index contributed by atoms with van der Waals surface area (Å²) < 4.78 is 0. The zero-order valence-corrected chi connectivity index (χ0v) is 10.3. The fourth-order valence-corrected chi connectivity index (χ4v) is 1.12. The molecule has 1 aromatic rings. The van der Waals surface area contributed by atoms with Crippen molar-refractivity contribution >= 4 is 5.78 Å². The van der Waals surface area contributed by atoms with Crippen LogP contribution in [0.5, 0.6) is 0 Å². The topological polar surface area (TPSA) is 89.3 Å². The molecule has 0 amide bonds. The molecule has 0 aliphatic heterocycles. The van der Waals surface area contributed by atoms with Gasteiger partial charge >= 0.3 is 0 Å². The standard InChI is InChI=1S/C10H14N2O2.Pt/c11-6-8(13)9(12)10(14)7-4-2-1-3-5-7;/h1-5,8-9,13H,6,11-12H2;. The van der Waals surface area contributed by atoms with Gasteiger partial charge in [-0.05, 0) is 0 Å². The molecular formula is C10H14N2O2Pt. The Morgan fingerprint density at radius 3 is 2.33 bits per heavy atom. The maximum atomic E-state index is 11.6. The Kier molecular flexibility index (Phi) is 6.61. The summed E-state index contributed by atoms with van der Waals surface area (Å²) in [5.41, 5.74) is 11.2. The van der Waals surface area contributed by atoms with E-state index in [-0.39, 0.29) is 33.4 Å². The van der Waals surface area contributed by atoms with Crippen LogP contribution in [0.15, 0.2) is 30.3 Å². The molecule has 2 unspecified atom stereocenters. The molecule has 0 saturated heterocycles. The molecule has 1 rings (SSSR count). The van der Waals surface area contributed by atoms with E-state index in [0.717, 1.165) is 0 Å². The Labute approximate surface area is 103 Å². The number of benzene rings is 1. The van der Waals surface area contributed by atoms with E-state index in [4.69, 9.17) is 11.5 Å². The van der Waals surface area contributed by atoms with E-state index in [1.54, 1.807) is 24.3 Å². The monoisotopic (exact) mass is 389 g/mol. The maximum absolute atomic E-state index is 11.6. The van der Waals surface area contributed by atoms with Crippen molar-refractivity contribution in [1.82, 2.24) is 0 Å². The largest absolute Gasteiger partial charge is 0.390 e. The second-order valence-corrected chi connectivity index (χ2v) is 3.06. The van der Waals surface area contributed by atoms with E-state index in [1.165, 1.54) is 0 Å². The number of carbonyl (C=O) groups is 1. The van der Waals surface area contributed by atoms with Crippen LogP contribution < -0.4 is 11.5 Å². The third kappa shape index (κ3) is 3.84. The molecule has 0 aliphatic carbocycles. The summed E-state index contributed by atoms with van der Waals surface area (Å²) >= 11 is 0. The molecule has 0 aliphatic rings. The molecule has 5 N–H and O–H groups in total. The average molecular weight is 389 g/mol. The van der Waals surface area contributed by atoms with Gasteiger partial charge in [0, 0.05) is 33.2 Å². The van der Waals surface area contributed by atoms with Crippen molar-refractivity contribution in [3.8, 4) is 0 Å². The number of nitrogens with two attached hydrogens (primary N) is 2. The van der Waals surface area contributed by atoms with Crippen LogP contribution in [0.4, 0.5) is 0 Å². The summed E-state index contributed by atoms with van der Waals surface area (Å²) in [6.45, 7) is -0.0141. The first-order valence-corrected chi connectivity index (χ1v) is 4.39. The minimum atomic E-state index is -0.984. The third-order valence-corrected chi connectivity index (χ3v) is 2.02. The molecule has 0 fully saturated rings. The Morgan fingerprint density at radius 1 is 1.33 bits per heavy atom. The first-order chi connectivity index (χ1) is 6.66. The minimum Gasteiger partial charge on any atom is -0.390 e. The van der Waals surface area contributed by atoms with Crippen LogP contribution in [0.25, 0.3) is 0 Å². The Morgan fingerprint density at radius 2 is 1.87 bits per heavy atom. The van der Waals surface area contributed by atoms with Gasteiger partial charge in [0.25, 0.3) is 0 Å². The number of rotatable bonds is 4. The number of carbonyl (C=O) groups excluding carboxylic acids is 1. The maximum Gasteiger partial charge on any atom is 0.182 e. The number of aliphatic hydroxyl groups excluding tert-OH is 1. The van der Waals surface area contributed by atoms with Crippen LogP contribution in [0.2, 0.25) is 0 Å². The predicted octanol–water partition coefficient (Wildman–Crippen LogP) is -0.486. The van der Waals surface area contributed by atoms with Gasteiger partial charge < -0.3 is 16.6 Å². The molecule has 0 radical (unpaired) electrons. The Bertz CT molecular complexity index is 306. The van der Waals surface area contributed by atoms with Crippen LogP contribution in [-0.4, -0.2) is 29.6 Å². The molecule has 1 aromatic carbocycles. The summed E-state index contributed by atoms with van der Waals surface area (Å²) in [6.07, 6.45) is -0.984. The normalized spacial score (nSPS) is 13.8. The van der Waals surface area contributed by atoms with Gasteiger partial charge in [-0.1, -0.05) is 30.3 Å². The fraction of sp³-hybridized carbons (Fsp3) is 0.300. The average Bonchev–Trinajstić information content (AvgIpc) is 2.27. The SMILES string of the molecule is NCC(O)C(N)C(=O)c1ccccc1.[Pt]. The van der Waals surface area contributed by atoms with Crippen LogP contribution in [-0.2, 0) is 21.1 Å². The molecule has 0 heterocycles. The molecule has 4 nitrogen and oxygen atoms in total. The number of Topliss-reactive ketones (excluding diaryl/α,β-unsaturated/α-hetero) is 1. The predicted molar refractivity (Wildman–Crippen MR) is 53.8 cm³/mol. The van der Waals surface area contributed by atoms with E-state index in [0.29, 0.717) is 5.56 Å². The van der Waals surface area contributed by atoms with E-state index in [2.05, 4.69) is 0 Å². The third-order valence-electron chi connectivity index (χ3n) is 2.02. The van der Waals surface area contributed by atoms with Gasteiger partial charge in [-0.2, -0.15) is 0 Å². The molecule has 0 saturated carbocycles. The van der Waals surface area contributed by atoms with Crippen LogP contribution in [0, 0.1) is 0 Å². The number of aliphatic hydroxyl groups is 1. The van der Waals surface area contributed by atoms with E-state index in [1.807, 2.05) is 6.07 Å². The molecule has 0 aromatic heterocycles. The van der Waals surface area contributed by atoms with Gasteiger partial charge in [0.15, 0.2) is 5.78 Å². The first-order valence-electron chi connectivity index (χ1n) is 4.39. The van der Waals surface area contributed by atoms with Gasteiger partial charge in [0.1, 0.15) is 0 Å². The van der Waals surface area contributed by atoms with Gasteiger partial charge in [0.2, 0.25) is 0 Å². The molecule has 0 bridgehead atoms. The summed E-state index contributed by atoms with van der Waals surface area (Å²) in [5, 5.41) is 9.29. The minimum absolute atomic E-state index is 0. The van der Waals surface area contributed by atoms with Crippen LogP contribution in [0.1, 0.15) is 10.4 Å². The van der Waals surface area contributed by atoms with Gasteiger partial charge in [-0.15, -0.1) is 0 Å². The molecule has 0 spiro atoms. The van der Waals surface area contributed by atoms with Crippen molar-refractivity contribution in [3.63, 3.8) is 0 Å². The van der Waals surface area contributed by atoms with Gasteiger partial charge in [0.05, 0.1) is 12.1 Å². The summed E-state index contributed by atoms with van der Waals surface area (Å²) in [4.78, 5) is 11.6. The van der Waals surface area contributed by atoms with E-state index in [9.17, 15) is 9.90 Å². The van der Waals surface area contributed by atoms with Crippen molar-refractivity contribution in [2.24, 2.45) is 11.5 Å². The zero-order valence-electron chi connectivity index (χ0n) is 8.07. The molecule has 2 atom stereocenters. The van der Waals surface area contributed by atoms with Crippen molar-refractivity contribution < 1.29 is 31.0 Å². The molecule has 86 valence electrons. The van der Waals surface area contributed by atoms with E-state index >= 15 is 0 Å². The van der Waals surface area contributed by atoms with Crippen molar-refractivity contribution in [2.45, 2.75) is 12.1 Å². The van der Waals surface area contributed by atoms with E-state index < -0.39 is 12.1 Å². The van der Waals surface area contributed by atoms with Crippen molar-refractivity contribution in [2.75, 3.05) is 6.54 Å². The van der Waals surface area contributed by atoms with Crippen molar-refractivity contribution in [3.05, 3.63) is 35.9 Å². The quantitative estimate of drug-likeness (QED) is 0.607. The Hall–Kier alpha value is -0.542. The molecule has 5 heteroatoms. The number of hydrogen-bond acceptors (Lipinski definition) is 4. The smallest absolute Gasteiger partial charge is 0.182 e. The number of ketones is 1. The fourth-order valence-electron chi connectivity index (χ4n) is 1.12. The van der Waals surface area contributed by atoms with Gasteiger partial charge in [-0.3, -0.25) is 4.79 Å². The zero-order chi connectivity index (χ0) is 10.6. The summed E-state index contributed by atoms with van der Waals surface area (Å²) in [7, 11) is 0. The number of hydrogen-bond donors (Lipinski definition) is 3. The summed E-state index contributed by atoms with van der Waals surface area (Å²) in [5.74, 6) is -0.288. The van der Waals surface area contributed by atoms with Crippen molar-refractivity contribution in [1.29, 1.82) is 0 Å². The first kappa shape index (κ1) is 14.5. The van der Waals surface area contributed by atoms with Gasteiger partial charge in [-0.25, -0.2) is 0 Å². The van der Waals surface area contributed by atoms with Crippen LogP contribution in [0.3, 0.4) is 0 Å². The molecule has 15 heavy (non-hydrogen) atoms. The second-order valence-electron chi connectivity index (χ2n) is 3.06. The van der Waals surface area contributed by atoms with Crippen LogP contribution >= 0.6 is 0 Å². The molecular weight excluding hydrogens is 375 g/mol. The Balaban J connectivity index is 0.00000196. The second kappa shape index (κ2) is 6.85. The summed E-state index contributed by atoms with van der Waals surface area (Å²) in [6, 6.07) is 7.67.